The minimum absolute atomic E-state index is 0.116. The van der Waals surface area contributed by atoms with E-state index >= 15 is 0 Å². The molecule has 2 rings (SSSR count). The van der Waals surface area contributed by atoms with Gasteiger partial charge in [-0.2, -0.15) is 0 Å². The van der Waals surface area contributed by atoms with Gasteiger partial charge in [-0.3, -0.25) is 4.79 Å². The van der Waals surface area contributed by atoms with Crippen molar-refractivity contribution in [1.29, 1.82) is 0 Å². The van der Waals surface area contributed by atoms with E-state index in [0.29, 0.717) is 21.9 Å². The molecule has 7 heteroatoms. The summed E-state index contributed by atoms with van der Waals surface area (Å²) in [4.78, 5) is 15.5. The summed E-state index contributed by atoms with van der Waals surface area (Å²) in [5, 5.41) is 6.19. The van der Waals surface area contributed by atoms with Crippen LogP contribution in [-0.2, 0) is 4.79 Å². The molecule has 2 heterocycles. The first kappa shape index (κ1) is 12.6. The van der Waals surface area contributed by atoms with Crippen LogP contribution in [0.25, 0.3) is 0 Å². The molecule has 1 amide bonds. The highest BCUT2D eigenvalue weighted by Crippen LogP contribution is 2.12. The number of pyridine rings is 1. The van der Waals surface area contributed by atoms with Crippen molar-refractivity contribution < 1.29 is 14.1 Å². The number of nitrogens with zero attached hydrogens (tertiary/aromatic N) is 2. The quantitative estimate of drug-likeness (QED) is 0.875. The van der Waals surface area contributed by atoms with Crippen LogP contribution in [-0.4, -0.2) is 22.7 Å². The van der Waals surface area contributed by atoms with Gasteiger partial charge in [-0.25, -0.2) is 4.98 Å². The molecular weight excluding hydrogens is 302 g/mol. The van der Waals surface area contributed by atoms with E-state index in [2.05, 4.69) is 31.4 Å². The Morgan fingerprint density at radius 3 is 3.00 bits per heavy atom. The van der Waals surface area contributed by atoms with Crippen molar-refractivity contribution in [2.45, 2.75) is 6.92 Å². The van der Waals surface area contributed by atoms with E-state index in [-0.39, 0.29) is 12.5 Å². The third-order valence-corrected chi connectivity index (χ3v) is 2.43. The largest absolute Gasteiger partial charge is 0.482 e. The number of aromatic nitrogens is 2. The lowest BCUT2D eigenvalue weighted by Crippen LogP contribution is -2.20. The molecule has 0 aliphatic carbocycles. The van der Waals surface area contributed by atoms with Gasteiger partial charge in [0.05, 0.1) is 6.20 Å². The number of halogens is 1. The average Bonchev–Trinajstić information content (AvgIpc) is 2.74. The van der Waals surface area contributed by atoms with Crippen molar-refractivity contribution in [3.05, 3.63) is 34.8 Å². The molecule has 0 atom stereocenters. The lowest BCUT2D eigenvalue weighted by molar-refractivity contribution is -0.118. The number of anilines is 1. The number of carbonyl (C=O) groups is 1. The van der Waals surface area contributed by atoms with E-state index in [1.165, 1.54) is 6.20 Å². The third-order valence-electron chi connectivity index (χ3n) is 1.97. The Balaban J connectivity index is 1.83. The van der Waals surface area contributed by atoms with E-state index < -0.39 is 0 Å². The number of amides is 1. The number of nitrogens with one attached hydrogen (secondary N) is 1. The average molecular weight is 312 g/mol. The Morgan fingerprint density at radius 1 is 1.56 bits per heavy atom. The summed E-state index contributed by atoms with van der Waals surface area (Å²) in [5.74, 6) is 1.20. The van der Waals surface area contributed by atoms with E-state index in [4.69, 9.17) is 9.26 Å². The van der Waals surface area contributed by atoms with Gasteiger partial charge in [-0.1, -0.05) is 5.16 Å². The van der Waals surface area contributed by atoms with Crippen LogP contribution in [0.4, 0.5) is 5.82 Å². The standard InChI is InChI=1S/C11H10BrN3O3/c1-7-4-10(15-18-7)14-11(16)6-17-8-2-3-9(12)13-5-8/h2-5H,6H2,1H3,(H,14,15,16). The van der Waals surface area contributed by atoms with Crippen molar-refractivity contribution in [2.75, 3.05) is 11.9 Å². The Bertz CT molecular complexity index is 539. The summed E-state index contributed by atoms with van der Waals surface area (Å²) in [6.07, 6.45) is 1.53. The van der Waals surface area contributed by atoms with Crippen molar-refractivity contribution in [1.82, 2.24) is 10.1 Å². The number of rotatable bonds is 4. The zero-order chi connectivity index (χ0) is 13.0. The first-order chi connectivity index (χ1) is 8.63. The van der Waals surface area contributed by atoms with Gasteiger partial charge in [0.15, 0.2) is 12.4 Å². The minimum atomic E-state index is -0.314. The normalized spacial score (nSPS) is 10.1. The lowest BCUT2D eigenvalue weighted by atomic mass is 10.4. The first-order valence-electron chi connectivity index (χ1n) is 5.11. The summed E-state index contributed by atoms with van der Waals surface area (Å²) in [7, 11) is 0. The molecule has 2 aromatic heterocycles. The lowest BCUT2D eigenvalue weighted by Gasteiger charge is -2.04. The Hall–Kier alpha value is -1.89. The van der Waals surface area contributed by atoms with Gasteiger partial charge in [0.2, 0.25) is 0 Å². The predicted molar refractivity (Wildman–Crippen MR) is 67.3 cm³/mol. The Morgan fingerprint density at radius 2 is 2.39 bits per heavy atom. The smallest absolute Gasteiger partial charge is 0.263 e. The molecule has 0 radical (unpaired) electrons. The molecule has 0 unspecified atom stereocenters. The highest BCUT2D eigenvalue weighted by molar-refractivity contribution is 9.10. The maximum Gasteiger partial charge on any atom is 0.263 e. The summed E-state index contributed by atoms with van der Waals surface area (Å²) >= 11 is 3.21. The van der Waals surface area contributed by atoms with Gasteiger partial charge in [0.25, 0.3) is 5.91 Å². The van der Waals surface area contributed by atoms with Crippen LogP contribution in [0.1, 0.15) is 5.76 Å². The summed E-state index contributed by atoms with van der Waals surface area (Å²) in [6.45, 7) is 1.63. The van der Waals surface area contributed by atoms with Crippen molar-refractivity contribution >= 4 is 27.7 Å². The first-order valence-corrected chi connectivity index (χ1v) is 5.90. The molecule has 2 aromatic rings. The highest BCUT2D eigenvalue weighted by atomic mass is 79.9. The molecule has 18 heavy (non-hydrogen) atoms. The molecule has 0 spiro atoms. The van der Waals surface area contributed by atoms with Crippen LogP contribution in [0.2, 0.25) is 0 Å². The molecule has 0 aliphatic rings. The molecule has 0 aromatic carbocycles. The maximum atomic E-state index is 11.5. The monoisotopic (exact) mass is 311 g/mol. The summed E-state index contributed by atoms with van der Waals surface area (Å²) < 4.78 is 10.8. The predicted octanol–water partition coefficient (Wildman–Crippen LogP) is 2.16. The molecule has 6 nitrogen and oxygen atoms in total. The number of carbonyl (C=O) groups excluding carboxylic acids is 1. The number of aryl methyl sites for hydroxylation is 1. The van der Waals surface area contributed by atoms with Crippen LogP contribution >= 0.6 is 15.9 Å². The fourth-order valence-corrected chi connectivity index (χ4v) is 1.44. The van der Waals surface area contributed by atoms with Crippen LogP contribution < -0.4 is 10.1 Å². The van der Waals surface area contributed by atoms with Gasteiger partial charge < -0.3 is 14.6 Å². The molecule has 94 valence electrons. The fraction of sp³-hybridized carbons (Fsp3) is 0.182. The van der Waals surface area contributed by atoms with Crippen molar-refractivity contribution in [2.24, 2.45) is 0 Å². The van der Waals surface area contributed by atoms with Crippen LogP contribution in [0.15, 0.2) is 33.5 Å². The molecular formula is C11H10BrN3O3. The fourth-order valence-electron chi connectivity index (χ4n) is 1.20. The van der Waals surface area contributed by atoms with E-state index in [0.717, 1.165) is 0 Å². The van der Waals surface area contributed by atoms with E-state index in [1.54, 1.807) is 25.1 Å². The van der Waals surface area contributed by atoms with E-state index in [9.17, 15) is 4.79 Å². The zero-order valence-corrected chi connectivity index (χ0v) is 11.1. The molecule has 0 saturated carbocycles. The van der Waals surface area contributed by atoms with Crippen LogP contribution in [0.3, 0.4) is 0 Å². The number of ether oxygens (including phenoxy) is 1. The second-order valence-corrected chi connectivity index (χ2v) is 4.29. The SMILES string of the molecule is Cc1cc(NC(=O)COc2ccc(Br)nc2)no1. The van der Waals surface area contributed by atoms with Gasteiger partial charge in [0, 0.05) is 6.07 Å². The topological polar surface area (TPSA) is 77.2 Å². The Kier molecular flexibility index (Phi) is 3.93. The van der Waals surface area contributed by atoms with Crippen LogP contribution in [0, 0.1) is 6.92 Å². The zero-order valence-electron chi connectivity index (χ0n) is 9.51. The van der Waals surface area contributed by atoms with Gasteiger partial charge >= 0.3 is 0 Å². The molecule has 0 aliphatic heterocycles. The van der Waals surface area contributed by atoms with Gasteiger partial charge in [0.1, 0.15) is 16.1 Å². The van der Waals surface area contributed by atoms with Crippen molar-refractivity contribution in [3.8, 4) is 5.75 Å². The second kappa shape index (κ2) is 5.63. The summed E-state index contributed by atoms with van der Waals surface area (Å²) in [5.41, 5.74) is 0. The van der Waals surface area contributed by atoms with E-state index in [1.807, 2.05) is 0 Å². The number of hydrogen-bond acceptors (Lipinski definition) is 5. The minimum Gasteiger partial charge on any atom is -0.482 e. The van der Waals surface area contributed by atoms with Gasteiger partial charge in [-0.05, 0) is 35.0 Å². The Labute approximate surface area is 111 Å². The number of hydrogen-bond donors (Lipinski definition) is 1. The molecule has 0 fully saturated rings. The van der Waals surface area contributed by atoms with Crippen LogP contribution in [0.5, 0.6) is 5.75 Å². The van der Waals surface area contributed by atoms with Crippen molar-refractivity contribution in [3.63, 3.8) is 0 Å². The third kappa shape index (κ3) is 3.56. The highest BCUT2D eigenvalue weighted by Gasteiger charge is 2.07. The maximum absolute atomic E-state index is 11.5. The molecule has 0 bridgehead atoms. The van der Waals surface area contributed by atoms with Gasteiger partial charge in [-0.15, -0.1) is 0 Å². The second-order valence-electron chi connectivity index (χ2n) is 3.48. The molecule has 1 N–H and O–H groups in total. The summed E-state index contributed by atoms with van der Waals surface area (Å²) in [6, 6.07) is 5.07. The molecule has 0 saturated heterocycles.